The minimum Gasteiger partial charge on any atom is -0.495 e. The topological polar surface area (TPSA) is 76.4 Å². The van der Waals surface area contributed by atoms with Crippen LogP contribution in [0.4, 0.5) is 17.1 Å². The SMILES string of the molecule is COc1ccccc1NCc1ccc(C(=O)Nc2ccccc2N)cc1. The Kier molecular flexibility index (Phi) is 5.39. The molecule has 0 saturated carbocycles. The fraction of sp³-hybridized carbons (Fsp3) is 0.0952. The summed E-state index contributed by atoms with van der Waals surface area (Å²) in [7, 11) is 1.65. The quantitative estimate of drug-likeness (QED) is 0.586. The Balaban J connectivity index is 1.63. The van der Waals surface area contributed by atoms with Gasteiger partial charge in [-0.25, -0.2) is 0 Å². The van der Waals surface area contributed by atoms with Crippen LogP contribution in [0.15, 0.2) is 72.8 Å². The van der Waals surface area contributed by atoms with Gasteiger partial charge in [0.05, 0.1) is 24.2 Å². The molecule has 5 nitrogen and oxygen atoms in total. The largest absolute Gasteiger partial charge is 0.495 e. The minimum absolute atomic E-state index is 0.188. The van der Waals surface area contributed by atoms with Gasteiger partial charge in [0.15, 0.2) is 0 Å². The zero-order valence-electron chi connectivity index (χ0n) is 14.5. The number of carbonyl (C=O) groups excluding carboxylic acids is 1. The van der Waals surface area contributed by atoms with Crippen LogP contribution in [-0.2, 0) is 6.54 Å². The molecule has 5 heteroatoms. The first-order valence-corrected chi connectivity index (χ1v) is 8.29. The van der Waals surface area contributed by atoms with Gasteiger partial charge in [0, 0.05) is 12.1 Å². The number of ether oxygens (including phenoxy) is 1. The lowest BCUT2D eigenvalue weighted by Gasteiger charge is -2.11. The molecule has 26 heavy (non-hydrogen) atoms. The lowest BCUT2D eigenvalue weighted by Crippen LogP contribution is -2.13. The highest BCUT2D eigenvalue weighted by Crippen LogP contribution is 2.23. The van der Waals surface area contributed by atoms with Crippen LogP contribution in [0.2, 0.25) is 0 Å². The molecule has 3 rings (SSSR count). The van der Waals surface area contributed by atoms with E-state index < -0.39 is 0 Å². The average Bonchev–Trinajstić information content (AvgIpc) is 2.68. The number of amides is 1. The van der Waals surface area contributed by atoms with Crippen LogP contribution in [0.1, 0.15) is 15.9 Å². The van der Waals surface area contributed by atoms with Crippen molar-refractivity contribution in [1.29, 1.82) is 0 Å². The Morgan fingerprint density at radius 2 is 1.58 bits per heavy atom. The average molecular weight is 347 g/mol. The number of methoxy groups -OCH3 is 1. The maximum atomic E-state index is 12.3. The second-order valence-electron chi connectivity index (χ2n) is 5.79. The molecule has 0 saturated heterocycles. The lowest BCUT2D eigenvalue weighted by atomic mass is 10.1. The van der Waals surface area contributed by atoms with E-state index in [2.05, 4.69) is 10.6 Å². The molecular formula is C21H21N3O2. The number of nitrogens with two attached hydrogens (primary N) is 1. The third kappa shape index (κ3) is 4.13. The highest BCUT2D eigenvalue weighted by Gasteiger charge is 2.08. The molecular weight excluding hydrogens is 326 g/mol. The molecule has 0 aliphatic heterocycles. The van der Waals surface area contributed by atoms with Gasteiger partial charge in [-0.1, -0.05) is 36.4 Å². The lowest BCUT2D eigenvalue weighted by molar-refractivity contribution is 0.102. The van der Waals surface area contributed by atoms with Gasteiger partial charge in [-0.05, 0) is 42.0 Å². The molecule has 0 bridgehead atoms. The first-order valence-electron chi connectivity index (χ1n) is 8.29. The summed E-state index contributed by atoms with van der Waals surface area (Å²) in [5, 5.41) is 6.16. The van der Waals surface area contributed by atoms with Crippen LogP contribution in [-0.4, -0.2) is 13.0 Å². The molecule has 0 heterocycles. The van der Waals surface area contributed by atoms with E-state index in [1.807, 2.05) is 48.5 Å². The summed E-state index contributed by atoms with van der Waals surface area (Å²) < 4.78 is 5.32. The molecule has 3 aromatic rings. The number of hydrogen-bond donors (Lipinski definition) is 3. The number of benzene rings is 3. The fourth-order valence-electron chi connectivity index (χ4n) is 2.57. The van der Waals surface area contributed by atoms with Crippen LogP contribution in [0, 0.1) is 0 Å². The molecule has 0 aliphatic carbocycles. The number of para-hydroxylation sites is 4. The van der Waals surface area contributed by atoms with E-state index in [-0.39, 0.29) is 5.91 Å². The van der Waals surface area contributed by atoms with E-state index >= 15 is 0 Å². The van der Waals surface area contributed by atoms with Crippen molar-refractivity contribution in [2.24, 2.45) is 0 Å². The summed E-state index contributed by atoms with van der Waals surface area (Å²) in [5.74, 6) is 0.607. The first kappa shape index (κ1) is 17.4. The molecule has 0 unspecified atom stereocenters. The third-order valence-electron chi connectivity index (χ3n) is 4.02. The molecule has 4 N–H and O–H groups in total. The normalized spacial score (nSPS) is 10.2. The van der Waals surface area contributed by atoms with Crippen LogP contribution >= 0.6 is 0 Å². The molecule has 3 aromatic carbocycles. The van der Waals surface area contributed by atoms with Gasteiger partial charge in [0.25, 0.3) is 5.91 Å². The van der Waals surface area contributed by atoms with Gasteiger partial charge in [-0.3, -0.25) is 4.79 Å². The van der Waals surface area contributed by atoms with Crippen LogP contribution in [0.3, 0.4) is 0 Å². The van der Waals surface area contributed by atoms with Crippen molar-refractivity contribution in [3.05, 3.63) is 83.9 Å². The van der Waals surface area contributed by atoms with Gasteiger partial charge >= 0.3 is 0 Å². The summed E-state index contributed by atoms with van der Waals surface area (Å²) in [4.78, 5) is 12.3. The predicted octanol–water partition coefficient (Wildman–Crippen LogP) is 4.14. The zero-order chi connectivity index (χ0) is 18.4. The standard InChI is InChI=1S/C21H21N3O2/c1-26-20-9-5-4-8-19(20)23-14-15-10-12-16(13-11-15)21(25)24-18-7-3-2-6-17(18)22/h2-13,23H,14,22H2,1H3,(H,24,25). The first-order chi connectivity index (χ1) is 12.7. The number of carbonyl (C=O) groups is 1. The molecule has 0 aromatic heterocycles. The summed E-state index contributed by atoms with van der Waals surface area (Å²) in [6.07, 6.45) is 0. The molecule has 0 fully saturated rings. The third-order valence-corrected chi connectivity index (χ3v) is 4.02. The van der Waals surface area contributed by atoms with Crippen molar-refractivity contribution < 1.29 is 9.53 Å². The highest BCUT2D eigenvalue weighted by molar-refractivity contribution is 6.05. The summed E-state index contributed by atoms with van der Waals surface area (Å²) in [5.41, 5.74) is 9.57. The van der Waals surface area contributed by atoms with Gasteiger partial charge in [-0.15, -0.1) is 0 Å². The minimum atomic E-state index is -0.188. The Labute approximate surface area is 152 Å². The van der Waals surface area contributed by atoms with E-state index in [1.165, 1.54) is 0 Å². The van der Waals surface area contributed by atoms with Gasteiger partial charge < -0.3 is 21.1 Å². The Bertz CT molecular complexity index is 892. The van der Waals surface area contributed by atoms with Gasteiger partial charge in [0.1, 0.15) is 5.75 Å². The van der Waals surface area contributed by atoms with Crippen molar-refractivity contribution in [3.63, 3.8) is 0 Å². The number of rotatable bonds is 6. The second-order valence-corrected chi connectivity index (χ2v) is 5.79. The van der Waals surface area contributed by atoms with E-state index in [0.29, 0.717) is 23.5 Å². The van der Waals surface area contributed by atoms with Crippen LogP contribution in [0.5, 0.6) is 5.75 Å². The van der Waals surface area contributed by atoms with Crippen LogP contribution < -0.4 is 21.1 Å². The number of nitrogen functional groups attached to an aromatic ring is 1. The molecule has 1 amide bonds. The molecule has 0 aliphatic rings. The van der Waals surface area contributed by atoms with Crippen molar-refractivity contribution in [2.75, 3.05) is 23.5 Å². The summed E-state index contributed by atoms with van der Waals surface area (Å²) >= 11 is 0. The molecule has 0 radical (unpaired) electrons. The highest BCUT2D eigenvalue weighted by atomic mass is 16.5. The Hall–Kier alpha value is -3.47. The molecule has 0 atom stereocenters. The van der Waals surface area contributed by atoms with E-state index in [1.54, 1.807) is 31.4 Å². The maximum Gasteiger partial charge on any atom is 0.255 e. The van der Waals surface area contributed by atoms with Crippen molar-refractivity contribution in [2.45, 2.75) is 6.54 Å². The monoisotopic (exact) mass is 347 g/mol. The zero-order valence-corrected chi connectivity index (χ0v) is 14.5. The van der Waals surface area contributed by atoms with E-state index in [0.717, 1.165) is 17.0 Å². The smallest absolute Gasteiger partial charge is 0.255 e. The molecule has 0 spiro atoms. The van der Waals surface area contributed by atoms with Crippen molar-refractivity contribution >= 4 is 23.0 Å². The second kappa shape index (κ2) is 8.07. The predicted molar refractivity (Wildman–Crippen MR) is 106 cm³/mol. The Morgan fingerprint density at radius 3 is 2.27 bits per heavy atom. The van der Waals surface area contributed by atoms with E-state index in [4.69, 9.17) is 10.5 Å². The van der Waals surface area contributed by atoms with Gasteiger partial charge in [-0.2, -0.15) is 0 Å². The molecule has 132 valence electrons. The van der Waals surface area contributed by atoms with Gasteiger partial charge in [0.2, 0.25) is 0 Å². The number of anilines is 3. The summed E-state index contributed by atoms with van der Waals surface area (Å²) in [6, 6.07) is 22.4. The van der Waals surface area contributed by atoms with Crippen LogP contribution in [0.25, 0.3) is 0 Å². The van der Waals surface area contributed by atoms with Crippen molar-refractivity contribution in [1.82, 2.24) is 0 Å². The van der Waals surface area contributed by atoms with E-state index in [9.17, 15) is 4.79 Å². The number of hydrogen-bond acceptors (Lipinski definition) is 4. The maximum absolute atomic E-state index is 12.3. The number of nitrogens with one attached hydrogen (secondary N) is 2. The Morgan fingerprint density at radius 1 is 0.923 bits per heavy atom. The fourth-order valence-corrected chi connectivity index (χ4v) is 2.57. The van der Waals surface area contributed by atoms with Crippen molar-refractivity contribution in [3.8, 4) is 5.75 Å². The summed E-state index contributed by atoms with van der Waals surface area (Å²) in [6.45, 7) is 0.633.